The number of anilines is 5. The van der Waals surface area contributed by atoms with Crippen LogP contribution >= 0.6 is 0 Å². The van der Waals surface area contributed by atoms with E-state index >= 15 is 0 Å². The highest BCUT2D eigenvalue weighted by Crippen LogP contribution is 2.38. The van der Waals surface area contributed by atoms with Crippen molar-refractivity contribution in [3.05, 3.63) is 53.1 Å². The molecule has 0 saturated carbocycles. The number of aryl methyl sites for hydroxylation is 1. The summed E-state index contributed by atoms with van der Waals surface area (Å²) in [5.41, 5.74) is 4.76. The van der Waals surface area contributed by atoms with Crippen molar-refractivity contribution < 1.29 is 13.2 Å². The smallest absolute Gasteiger partial charge is 0.231 e. The Morgan fingerprint density at radius 2 is 1.73 bits per heavy atom. The summed E-state index contributed by atoms with van der Waals surface area (Å²) in [6.45, 7) is 12.4. The van der Waals surface area contributed by atoms with Crippen molar-refractivity contribution in [2.24, 2.45) is 0 Å². The first-order valence-electron chi connectivity index (χ1n) is 14.2. The number of nitrogens with zero attached hydrogens (tertiary/aromatic N) is 2. The van der Waals surface area contributed by atoms with Crippen molar-refractivity contribution in [1.82, 2.24) is 15.3 Å². The Bertz CT molecular complexity index is 1480. The van der Waals surface area contributed by atoms with E-state index in [1.807, 2.05) is 19.9 Å². The van der Waals surface area contributed by atoms with Gasteiger partial charge in [-0.25, -0.2) is 8.42 Å². The average molecular weight is 565 g/mol. The van der Waals surface area contributed by atoms with Gasteiger partial charge in [0.05, 0.1) is 27.6 Å². The summed E-state index contributed by atoms with van der Waals surface area (Å²) in [4.78, 5) is 9.85. The number of para-hydroxylation sites is 1. The monoisotopic (exact) mass is 564 g/mol. The molecule has 3 aromatic rings. The van der Waals surface area contributed by atoms with Gasteiger partial charge in [0.2, 0.25) is 5.95 Å². The minimum atomic E-state index is -3.49. The van der Waals surface area contributed by atoms with Gasteiger partial charge < -0.3 is 26.0 Å². The van der Waals surface area contributed by atoms with E-state index in [9.17, 15) is 8.42 Å². The molecule has 1 aromatic heterocycles. The molecule has 9 nitrogen and oxygen atoms in total. The summed E-state index contributed by atoms with van der Waals surface area (Å²) in [6.07, 6.45) is 2.96. The Kier molecular flexibility index (Phi) is 8.19. The molecule has 214 valence electrons. The van der Waals surface area contributed by atoms with Crippen LogP contribution in [0.2, 0.25) is 0 Å². The molecule has 0 aliphatic carbocycles. The topological polar surface area (TPSA) is 117 Å². The minimum Gasteiger partial charge on any atom is -0.489 e. The van der Waals surface area contributed by atoms with E-state index in [2.05, 4.69) is 40.3 Å². The summed E-state index contributed by atoms with van der Waals surface area (Å²) in [7, 11) is -3.49. The molecule has 0 unspecified atom stereocenters. The van der Waals surface area contributed by atoms with Crippen LogP contribution in [0, 0.1) is 6.92 Å². The molecule has 5 rings (SSSR count). The molecular formula is C30H40N6O3S. The lowest BCUT2D eigenvalue weighted by Gasteiger charge is -2.26. The summed E-state index contributed by atoms with van der Waals surface area (Å²) in [5, 5.41) is 13.0. The van der Waals surface area contributed by atoms with Gasteiger partial charge in [-0.15, -0.1) is 0 Å². The number of hydrogen-bond acceptors (Lipinski definition) is 9. The number of hydrogen-bond donors (Lipinski definition) is 4. The van der Waals surface area contributed by atoms with E-state index in [0.717, 1.165) is 61.7 Å². The maximum Gasteiger partial charge on any atom is 0.231 e. The Hall–Kier alpha value is -3.37. The summed E-state index contributed by atoms with van der Waals surface area (Å²) in [5.74, 6) is 3.00. The predicted octanol–water partition coefficient (Wildman–Crippen LogP) is 5.68. The molecule has 1 fully saturated rings. The van der Waals surface area contributed by atoms with Crippen LogP contribution in [0.25, 0.3) is 0 Å². The molecule has 0 bridgehead atoms. The van der Waals surface area contributed by atoms with Gasteiger partial charge in [-0.2, -0.15) is 9.97 Å². The van der Waals surface area contributed by atoms with Crippen molar-refractivity contribution in [3.8, 4) is 5.75 Å². The zero-order chi connectivity index (χ0) is 28.4. The van der Waals surface area contributed by atoms with Crippen LogP contribution in [0.3, 0.4) is 0 Å². The first-order valence-corrected chi connectivity index (χ1v) is 15.7. The van der Waals surface area contributed by atoms with Gasteiger partial charge in [-0.05, 0) is 108 Å². The molecule has 3 heterocycles. The fraction of sp³-hybridized carbons (Fsp3) is 0.467. The van der Waals surface area contributed by atoms with Crippen LogP contribution in [-0.4, -0.2) is 49.4 Å². The predicted molar refractivity (Wildman–Crippen MR) is 161 cm³/mol. The standard InChI is InChI=1S/C30H40N6O3S/c1-18(2)39-26-17-23(21-10-13-31-14-11-21)20(5)16-25(26)34-30-35-28-22(12-15-32-28)29(36-30)33-24-8-6-7-9-27(24)40(37,38)19(3)4/h6-9,16-19,21,31H,10-15H2,1-5H3,(H3,32,33,34,35,36). The number of nitrogens with one attached hydrogen (secondary N) is 4. The normalized spacial score (nSPS) is 15.7. The highest BCUT2D eigenvalue weighted by molar-refractivity contribution is 7.92. The molecule has 2 aliphatic rings. The number of sulfone groups is 1. The van der Waals surface area contributed by atoms with Gasteiger partial charge in [0.15, 0.2) is 9.84 Å². The third kappa shape index (κ3) is 5.88. The minimum absolute atomic E-state index is 0.00312. The fourth-order valence-corrected chi connectivity index (χ4v) is 6.58. The van der Waals surface area contributed by atoms with E-state index in [1.54, 1.807) is 32.0 Å². The average Bonchev–Trinajstić information content (AvgIpc) is 3.40. The van der Waals surface area contributed by atoms with E-state index in [4.69, 9.17) is 14.7 Å². The van der Waals surface area contributed by atoms with Crippen molar-refractivity contribution in [1.29, 1.82) is 0 Å². The summed E-state index contributed by atoms with van der Waals surface area (Å²) in [6, 6.07) is 11.3. The highest BCUT2D eigenvalue weighted by Gasteiger charge is 2.26. The molecule has 4 N–H and O–H groups in total. The Labute approximate surface area is 237 Å². The van der Waals surface area contributed by atoms with E-state index < -0.39 is 15.1 Å². The SMILES string of the molecule is Cc1cc(Nc2nc3c(c(Nc4ccccc4S(=O)(=O)C(C)C)n2)CCN3)c(OC(C)C)cc1C1CCNCC1. The fourth-order valence-electron chi connectivity index (χ4n) is 5.38. The lowest BCUT2D eigenvalue weighted by molar-refractivity contribution is 0.243. The Morgan fingerprint density at radius 3 is 2.45 bits per heavy atom. The number of rotatable bonds is 9. The van der Waals surface area contributed by atoms with Crippen LogP contribution in [-0.2, 0) is 16.3 Å². The van der Waals surface area contributed by atoms with Crippen molar-refractivity contribution in [2.45, 2.75) is 76.0 Å². The molecule has 0 radical (unpaired) electrons. The van der Waals surface area contributed by atoms with E-state index in [-0.39, 0.29) is 11.0 Å². The number of piperidine rings is 1. The van der Waals surface area contributed by atoms with Crippen LogP contribution in [0.5, 0.6) is 5.75 Å². The lowest BCUT2D eigenvalue weighted by Crippen LogP contribution is -2.27. The van der Waals surface area contributed by atoms with Crippen molar-refractivity contribution in [3.63, 3.8) is 0 Å². The van der Waals surface area contributed by atoms with Gasteiger partial charge in [-0.1, -0.05) is 12.1 Å². The second kappa shape index (κ2) is 11.6. The quantitative estimate of drug-likeness (QED) is 0.260. The number of aromatic nitrogens is 2. The van der Waals surface area contributed by atoms with Crippen LogP contribution in [0.4, 0.5) is 29.0 Å². The van der Waals surface area contributed by atoms with Crippen molar-refractivity contribution >= 4 is 38.8 Å². The van der Waals surface area contributed by atoms with Crippen LogP contribution in [0.15, 0.2) is 41.3 Å². The third-order valence-corrected chi connectivity index (χ3v) is 9.71. The second-order valence-corrected chi connectivity index (χ2v) is 13.6. The summed E-state index contributed by atoms with van der Waals surface area (Å²) >= 11 is 0. The third-order valence-electron chi connectivity index (χ3n) is 7.50. The molecule has 0 spiro atoms. The Morgan fingerprint density at radius 1 is 0.975 bits per heavy atom. The van der Waals surface area contributed by atoms with Crippen LogP contribution < -0.4 is 26.0 Å². The zero-order valence-corrected chi connectivity index (χ0v) is 24.8. The molecule has 0 amide bonds. The first kappa shape index (κ1) is 28.2. The molecule has 1 saturated heterocycles. The molecule has 2 aliphatic heterocycles. The maximum atomic E-state index is 13.1. The zero-order valence-electron chi connectivity index (χ0n) is 24.0. The number of benzene rings is 2. The van der Waals surface area contributed by atoms with E-state index in [1.165, 1.54) is 11.1 Å². The molecule has 10 heteroatoms. The van der Waals surface area contributed by atoms with Gasteiger partial charge in [0.1, 0.15) is 17.4 Å². The van der Waals surface area contributed by atoms with Gasteiger partial charge in [0, 0.05) is 12.1 Å². The number of fused-ring (bicyclic) bond motifs is 1. The summed E-state index contributed by atoms with van der Waals surface area (Å²) < 4.78 is 32.4. The Balaban J connectivity index is 1.51. The highest BCUT2D eigenvalue weighted by atomic mass is 32.2. The van der Waals surface area contributed by atoms with Crippen molar-refractivity contribution in [2.75, 3.05) is 35.6 Å². The second-order valence-electron chi connectivity index (χ2n) is 11.1. The molecule has 2 aromatic carbocycles. The molecular weight excluding hydrogens is 524 g/mol. The van der Waals surface area contributed by atoms with Gasteiger partial charge in [0.25, 0.3) is 0 Å². The van der Waals surface area contributed by atoms with Crippen LogP contribution in [0.1, 0.15) is 63.1 Å². The van der Waals surface area contributed by atoms with E-state index in [0.29, 0.717) is 23.4 Å². The number of ether oxygens (including phenoxy) is 1. The molecule has 0 atom stereocenters. The maximum absolute atomic E-state index is 13.1. The van der Waals surface area contributed by atoms with Gasteiger partial charge in [-0.3, -0.25) is 0 Å². The molecule has 40 heavy (non-hydrogen) atoms. The lowest BCUT2D eigenvalue weighted by atomic mass is 9.87. The first-order chi connectivity index (χ1) is 19.1. The van der Waals surface area contributed by atoms with Gasteiger partial charge >= 0.3 is 0 Å². The largest absolute Gasteiger partial charge is 0.489 e.